The summed E-state index contributed by atoms with van der Waals surface area (Å²) in [6, 6.07) is 7.88. The number of carbonyl (C=O) groups excluding carboxylic acids is 1. The summed E-state index contributed by atoms with van der Waals surface area (Å²) in [7, 11) is 2.12. The van der Waals surface area contributed by atoms with E-state index in [1.807, 2.05) is 22.9 Å². The van der Waals surface area contributed by atoms with Crippen LogP contribution in [0, 0.1) is 0 Å². The summed E-state index contributed by atoms with van der Waals surface area (Å²) in [4.78, 5) is 16.6. The number of likely N-dealkylation sites (N-methyl/N-ethyl adjacent to an activating group) is 1. The van der Waals surface area contributed by atoms with Crippen LogP contribution < -0.4 is 0 Å². The first kappa shape index (κ1) is 16.0. The van der Waals surface area contributed by atoms with Gasteiger partial charge in [-0.25, -0.2) is 4.79 Å². The van der Waals surface area contributed by atoms with Gasteiger partial charge in [0.15, 0.2) is 0 Å². The lowest BCUT2D eigenvalue weighted by Crippen LogP contribution is -2.49. The molecule has 2 aromatic rings. The van der Waals surface area contributed by atoms with Gasteiger partial charge >= 0.3 is 5.97 Å². The Balaban J connectivity index is 1.39. The number of fused-ring (bicyclic) bond motifs is 5. The minimum Gasteiger partial charge on any atom is -0.460 e. The summed E-state index contributed by atoms with van der Waals surface area (Å²) in [5.41, 5.74) is -1.72. The Hall–Kier alpha value is -1.25. The van der Waals surface area contributed by atoms with Crippen molar-refractivity contribution in [2.45, 2.75) is 48.8 Å². The first-order valence-electron chi connectivity index (χ1n) is 8.48. The number of nitrogens with zero attached hydrogens (tertiary/aromatic N) is 1. The normalized spacial score (nSPS) is 33.9. The van der Waals surface area contributed by atoms with Crippen LogP contribution in [0.2, 0.25) is 0 Å². The molecule has 25 heavy (non-hydrogen) atoms. The van der Waals surface area contributed by atoms with Gasteiger partial charge in [-0.05, 0) is 29.9 Å². The molecule has 5 heterocycles. The summed E-state index contributed by atoms with van der Waals surface area (Å²) in [6.45, 7) is 0. The zero-order valence-corrected chi connectivity index (χ0v) is 15.3. The molecule has 0 aromatic carbocycles. The molecule has 0 saturated carbocycles. The second kappa shape index (κ2) is 5.62. The standard InChI is InChI=1S/C18H19NO4S2/c1-19-11-8-10(9-12(19)16-15(11)23-16)22-17(20)18(21,13-4-2-6-24-13)14-5-3-7-25-14/h2-7,10-12,15-16,21H,8-9H2,1H3. The van der Waals surface area contributed by atoms with Crippen LogP contribution in [0.15, 0.2) is 35.0 Å². The smallest absolute Gasteiger partial charge is 0.349 e. The van der Waals surface area contributed by atoms with Crippen molar-refractivity contribution in [2.24, 2.45) is 0 Å². The molecule has 0 radical (unpaired) electrons. The fraction of sp³-hybridized carbons (Fsp3) is 0.500. The van der Waals surface area contributed by atoms with Gasteiger partial charge in [-0.3, -0.25) is 4.90 Å². The summed E-state index contributed by atoms with van der Waals surface area (Å²) < 4.78 is 11.5. The van der Waals surface area contributed by atoms with E-state index in [2.05, 4.69) is 11.9 Å². The van der Waals surface area contributed by atoms with Gasteiger partial charge in [-0.15, -0.1) is 22.7 Å². The number of epoxide rings is 1. The third kappa shape index (κ3) is 2.34. The zero-order chi connectivity index (χ0) is 17.2. The van der Waals surface area contributed by atoms with Crippen LogP contribution in [0.5, 0.6) is 0 Å². The highest BCUT2D eigenvalue weighted by molar-refractivity contribution is 7.12. The van der Waals surface area contributed by atoms with Crippen LogP contribution in [0.1, 0.15) is 22.6 Å². The van der Waals surface area contributed by atoms with E-state index in [0.717, 1.165) is 12.8 Å². The third-order valence-corrected chi connectivity index (χ3v) is 7.66. The van der Waals surface area contributed by atoms with E-state index in [-0.39, 0.29) is 6.10 Å². The van der Waals surface area contributed by atoms with Crippen molar-refractivity contribution in [2.75, 3.05) is 7.05 Å². The summed E-state index contributed by atoms with van der Waals surface area (Å²) in [5, 5.41) is 15.0. The molecule has 2 bridgehead atoms. The molecule has 3 aliphatic rings. The monoisotopic (exact) mass is 377 g/mol. The maximum absolute atomic E-state index is 13.0. The molecule has 1 N–H and O–H groups in total. The Labute approximate surface area is 153 Å². The number of piperidine rings is 1. The van der Waals surface area contributed by atoms with Gasteiger partial charge in [0.25, 0.3) is 0 Å². The van der Waals surface area contributed by atoms with Crippen LogP contribution in [-0.4, -0.2) is 53.4 Å². The molecule has 2 aromatic heterocycles. The lowest BCUT2D eigenvalue weighted by molar-refractivity contribution is -0.171. The quantitative estimate of drug-likeness (QED) is 0.654. The number of esters is 1. The van der Waals surface area contributed by atoms with Crippen molar-refractivity contribution < 1.29 is 19.4 Å². The summed E-state index contributed by atoms with van der Waals surface area (Å²) >= 11 is 2.73. The first-order valence-corrected chi connectivity index (χ1v) is 10.2. The predicted octanol–water partition coefficient (Wildman–Crippen LogP) is 2.20. The molecule has 5 nitrogen and oxygen atoms in total. The number of ether oxygens (including phenoxy) is 2. The van der Waals surface area contributed by atoms with Gasteiger partial charge < -0.3 is 14.6 Å². The highest BCUT2D eigenvalue weighted by Crippen LogP contribution is 2.48. The number of rotatable bonds is 4. The topological polar surface area (TPSA) is 62.3 Å². The van der Waals surface area contributed by atoms with Crippen molar-refractivity contribution in [3.05, 3.63) is 44.8 Å². The Morgan fingerprint density at radius 2 is 1.76 bits per heavy atom. The van der Waals surface area contributed by atoms with Gasteiger partial charge in [0.2, 0.25) is 5.60 Å². The molecule has 3 saturated heterocycles. The average Bonchev–Trinajstić information content (AvgIpc) is 2.97. The van der Waals surface area contributed by atoms with E-state index in [9.17, 15) is 9.90 Å². The first-order chi connectivity index (χ1) is 12.1. The molecule has 0 spiro atoms. The van der Waals surface area contributed by atoms with Crippen LogP contribution >= 0.6 is 22.7 Å². The van der Waals surface area contributed by atoms with Crippen molar-refractivity contribution in [3.63, 3.8) is 0 Å². The maximum Gasteiger partial charge on any atom is 0.349 e. The number of thiophene rings is 2. The fourth-order valence-corrected chi connectivity index (χ4v) is 6.04. The molecule has 132 valence electrons. The number of aliphatic hydroxyl groups is 1. The molecule has 4 unspecified atom stereocenters. The van der Waals surface area contributed by atoms with E-state index < -0.39 is 11.6 Å². The lowest BCUT2D eigenvalue weighted by atomic mass is 9.97. The van der Waals surface area contributed by atoms with Gasteiger partial charge in [0.1, 0.15) is 18.3 Å². The van der Waals surface area contributed by atoms with Crippen molar-refractivity contribution in [3.8, 4) is 0 Å². The van der Waals surface area contributed by atoms with Gasteiger partial charge in [0, 0.05) is 24.9 Å². The summed E-state index contributed by atoms with van der Waals surface area (Å²) in [6.07, 6.45) is 1.97. The molecule has 4 atom stereocenters. The molecular formula is C18H19NO4S2. The predicted molar refractivity (Wildman–Crippen MR) is 94.8 cm³/mol. The van der Waals surface area contributed by atoms with Crippen LogP contribution in [0.25, 0.3) is 0 Å². The minimum atomic E-state index is -1.72. The minimum absolute atomic E-state index is 0.165. The zero-order valence-electron chi connectivity index (χ0n) is 13.7. The van der Waals surface area contributed by atoms with E-state index in [0.29, 0.717) is 34.0 Å². The third-order valence-electron chi connectivity index (χ3n) is 5.70. The van der Waals surface area contributed by atoms with Gasteiger partial charge in [0.05, 0.1) is 9.75 Å². The molecule has 0 amide bonds. The highest BCUT2D eigenvalue weighted by atomic mass is 32.1. The lowest BCUT2D eigenvalue weighted by Gasteiger charge is -2.38. The van der Waals surface area contributed by atoms with Crippen LogP contribution in [0.4, 0.5) is 0 Å². The van der Waals surface area contributed by atoms with Crippen LogP contribution in [0.3, 0.4) is 0 Å². The number of morpholine rings is 1. The van der Waals surface area contributed by atoms with Crippen LogP contribution in [-0.2, 0) is 19.9 Å². The molecule has 3 aliphatic heterocycles. The highest BCUT2D eigenvalue weighted by Gasteiger charge is 2.63. The largest absolute Gasteiger partial charge is 0.460 e. The number of carbonyl (C=O) groups is 1. The van der Waals surface area contributed by atoms with Gasteiger partial charge in [-0.1, -0.05) is 12.1 Å². The van der Waals surface area contributed by atoms with Crippen molar-refractivity contribution in [1.29, 1.82) is 0 Å². The number of hydrogen-bond donors (Lipinski definition) is 1. The Bertz CT molecular complexity index is 723. The molecular weight excluding hydrogens is 358 g/mol. The molecule has 0 aliphatic carbocycles. The average molecular weight is 377 g/mol. The van der Waals surface area contributed by atoms with E-state index in [1.54, 1.807) is 12.1 Å². The van der Waals surface area contributed by atoms with E-state index >= 15 is 0 Å². The Kier molecular flexibility index (Phi) is 3.59. The molecule has 5 rings (SSSR count). The Morgan fingerprint density at radius 1 is 1.20 bits per heavy atom. The van der Waals surface area contributed by atoms with E-state index in [1.165, 1.54) is 22.7 Å². The second-order valence-corrected chi connectivity index (χ2v) is 8.92. The van der Waals surface area contributed by atoms with Crippen molar-refractivity contribution in [1.82, 2.24) is 4.90 Å². The second-order valence-electron chi connectivity index (χ2n) is 7.03. The summed E-state index contributed by atoms with van der Waals surface area (Å²) in [5.74, 6) is -0.569. The van der Waals surface area contributed by atoms with E-state index in [4.69, 9.17) is 9.47 Å². The maximum atomic E-state index is 13.0. The van der Waals surface area contributed by atoms with Crippen molar-refractivity contribution >= 4 is 28.6 Å². The molecule has 3 fully saturated rings. The SMILES string of the molecule is CN1C2CC(OC(=O)C(O)(c3cccs3)c3cccs3)CC1C1OC12. The molecule has 7 heteroatoms. The Morgan fingerprint density at radius 3 is 2.24 bits per heavy atom. The number of hydrogen-bond acceptors (Lipinski definition) is 7. The van der Waals surface area contributed by atoms with Gasteiger partial charge in [-0.2, -0.15) is 0 Å². The fourth-order valence-electron chi connectivity index (χ4n) is 4.32.